The number of nitrogens with zero attached hydrogens (tertiary/aromatic N) is 2. The molecule has 0 aliphatic heterocycles. The molecule has 0 aliphatic rings. The van der Waals surface area contributed by atoms with Gasteiger partial charge in [0.15, 0.2) is 0 Å². The van der Waals surface area contributed by atoms with E-state index in [0.29, 0.717) is 22.2 Å². The lowest BCUT2D eigenvalue weighted by molar-refractivity contribution is 0.0941. The average Bonchev–Trinajstić information content (AvgIpc) is 3.00. The minimum absolute atomic E-state index is 0.147. The Kier molecular flexibility index (Phi) is 4.08. The van der Waals surface area contributed by atoms with Crippen molar-refractivity contribution in [2.75, 3.05) is 19.1 Å². The van der Waals surface area contributed by atoms with Gasteiger partial charge in [0, 0.05) is 31.2 Å². The Morgan fingerprint density at radius 3 is 2.42 bits per heavy atom. The first-order valence-corrected chi connectivity index (χ1v) is 7.56. The largest absolute Gasteiger partial charge is 0.497 e. The monoisotopic (exact) mass is 322 g/mol. The van der Waals surface area contributed by atoms with Gasteiger partial charge in [-0.3, -0.25) is 14.2 Å². The first-order chi connectivity index (χ1) is 11.5. The summed E-state index contributed by atoms with van der Waals surface area (Å²) >= 11 is 0. The fourth-order valence-corrected chi connectivity index (χ4v) is 2.72. The van der Waals surface area contributed by atoms with E-state index in [1.165, 1.54) is 11.5 Å². The minimum Gasteiger partial charge on any atom is -0.497 e. The Bertz CT molecular complexity index is 913. The third-order valence-corrected chi connectivity index (χ3v) is 4.03. The van der Waals surface area contributed by atoms with Crippen LogP contribution in [0.5, 0.6) is 5.75 Å². The number of rotatable bonds is 3. The Balaban J connectivity index is 2.14. The number of hydrogen-bond acceptors (Lipinski definition) is 3. The van der Waals surface area contributed by atoms with E-state index in [9.17, 15) is 9.59 Å². The van der Waals surface area contributed by atoms with Gasteiger partial charge in [0.05, 0.1) is 18.2 Å². The molecule has 0 unspecified atom stereocenters. The normalized spacial score (nSPS) is 10.6. The standard InChI is InChI=1S/C19H18N2O3/c1-13(22)21-12-17(16-11-15(24-3)9-10-18(16)21)19(23)20(2)14-7-5-4-6-8-14/h4-12H,1-3H3. The molecule has 0 atom stereocenters. The molecule has 24 heavy (non-hydrogen) atoms. The number of aromatic nitrogens is 1. The van der Waals surface area contributed by atoms with E-state index in [-0.39, 0.29) is 11.8 Å². The molecule has 0 saturated carbocycles. The van der Waals surface area contributed by atoms with Crippen molar-refractivity contribution >= 4 is 28.4 Å². The van der Waals surface area contributed by atoms with Crippen LogP contribution in [0.2, 0.25) is 0 Å². The lowest BCUT2D eigenvalue weighted by atomic mass is 10.1. The van der Waals surface area contributed by atoms with E-state index in [1.54, 1.807) is 43.5 Å². The van der Waals surface area contributed by atoms with Gasteiger partial charge in [0.1, 0.15) is 5.75 Å². The van der Waals surface area contributed by atoms with Crippen molar-refractivity contribution in [3.05, 3.63) is 60.3 Å². The maximum Gasteiger partial charge on any atom is 0.260 e. The number of amides is 1. The highest BCUT2D eigenvalue weighted by molar-refractivity contribution is 6.15. The number of ether oxygens (including phenoxy) is 1. The Hall–Kier alpha value is -3.08. The van der Waals surface area contributed by atoms with E-state index in [1.807, 2.05) is 30.3 Å². The number of carbonyl (C=O) groups is 2. The van der Waals surface area contributed by atoms with Crippen LogP contribution in [0.15, 0.2) is 54.7 Å². The summed E-state index contributed by atoms with van der Waals surface area (Å²) in [7, 11) is 3.29. The maximum absolute atomic E-state index is 13.0. The van der Waals surface area contributed by atoms with Crippen LogP contribution in [0.25, 0.3) is 10.9 Å². The highest BCUT2D eigenvalue weighted by Crippen LogP contribution is 2.28. The topological polar surface area (TPSA) is 51.5 Å². The summed E-state index contributed by atoms with van der Waals surface area (Å²) in [6, 6.07) is 14.7. The van der Waals surface area contributed by atoms with Crippen LogP contribution < -0.4 is 9.64 Å². The van der Waals surface area contributed by atoms with Crippen LogP contribution >= 0.6 is 0 Å². The molecule has 3 aromatic rings. The molecule has 0 spiro atoms. The fraction of sp³-hybridized carbons (Fsp3) is 0.158. The summed E-state index contributed by atoms with van der Waals surface area (Å²) < 4.78 is 6.74. The SMILES string of the molecule is COc1ccc2c(c1)c(C(=O)N(C)c1ccccc1)cn2C(C)=O. The lowest BCUT2D eigenvalue weighted by Crippen LogP contribution is -2.26. The molecule has 0 saturated heterocycles. The van der Waals surface area contributed by atoms with Crippen LogP contribution in [0.1, 0.15) is 22.1 Å². The molecule has 1 heterocycles. The Morgan fingerprint density at radius 2 is 1.79 bits per heavy atom. The molecular formula is C19H18N2O3. The molecule has 2 aromatic carbocycles. The van der Waals surface area contributed by atoms with Gasteiger partial charge in [-0.05, 0) is 30.3 Å². The van der Waals surface area contributed by atoms with E-state index >= 15 is 0 Å². The van der Waals surface area contributed by atoms with Crippen LogP contribution in [-0.4, -0.2) is 30.5 Å². The minimum atomic E-state index is -0.181. The average molecular weight is 322 g/mol. The molecule has 1 amide bonds. The Morgan fingerprint density at radius 1 is 1.08 bits per heavy atom. The molecule has 1 aromatic heterocycles. The number of para-hydroxylation sites is 1. The molecule has 0 bridgehead atoms. The quantitative estimate of drug-likeness (QED) is 0.740. The van der Waals surface area contributed by atoms with Gasteiger partial charge in [0.25, 0.3) is 5.91 Å². The maximum atomic E-state index is 13.0. The van der Waals surface area contributed by atoms with Crippen LogP contribution in [-0.2, 0) is 0 Å². The number of fused-ring (bicyclic) bond motifs is 1. The molecule has 3 rings (SSSR count). The first kappa shape index (κ1) is 15.8. The van der Waals surface area contributed by atoms with Crippen molar-refractivity contribution in [1.29, 1.82) is 0 Å². The third-order valence-electron chi connectivity index (χ3n) is 4.03. The smallest absolute Gasteiger partial charge is 0.260 e. The second-order valence-corrected chi connectivity index (χ2v) is 5.51. The first-order valence-electron chi connectivity index (χ1n) is 7.56. The predicted octanol–water partition coefficient (Wildman–Crippen LogP) is 3.59. The van der Waals surface area contributed by atoms with E-state index in [0.717, 1.165) is 5.69 Å². The molecule has 5 heteroatoms. The van der Waals surface area contributed by atoms with Crippen LogP contribution in [0.4, 0.5) is 5.69 Å². The summed E-state index contributed by atoms with van der Waals surface area (Å²) in [4.78, 5) is 26.4. The van der Waals surface area contributed by atoms with E-state index in [2.05, 4.69) is 0 Å². The van der Waals surface area contributed by atoms with Crippen molar-refractivity contribution in [2.45, 2.75) is 6.92 Å². The third kappa shape index (κ3) is 2.65. The second-order valence-electron chi connectivity index (χ2n) is 5.51. The summed E-state index contributed by atoms with van der Waals surface area (Å²) in [5.74, 6) is 0.311. The molecule has 122 valence electrons. The number of methoxy groups -OCH3 is 1. The van der Waals surface area contributed by atoms with Crippen molar-refractivity contribution in [1.82, 2.24) is 4.57 Å². The number of carbonyl (C=O) groups excluding carboxylic acids is 2. The Labute approximate surface area is 140 Å². The summed E-state index contributed by atoms with van der Waals surface area (Å²) in [5.41, 5.74) is 1.94. The van der Waals surface area contributed by atoms with Gasteiger partial charge in [-0.1, -0.05) is 18.2 Å². The molecule has 0 fully saturated rings. The van der Waals surface area contributed by atoms with Crippen LogP contribution in [0, 0.1) is 0 Å². The highest BCUT2D eigenvalue weighted by Gasteiger charge is 2.21. The fourth-order valence-electron chi connectivity index (χ4n) is 2.72. The van der Waals surface area contributed by atoms with E-state index in [4.69, 9.17) is 4.74 Å². The van der Waals surface area contributed by atoms with Crippen molar-refractivity contribution in [3.63, 3.8) is 0 Å². The van der Waals surface area contributed by atoms with Gasteiger partial charge in [0.2, 0.25) is 5.91 Å². The van der Waals surface area contributed by atoms with Gasteiger partial charge in [-0.2, -0.15) is 0 Å². The second kappa shape index (κ2) is 6.20. The highest BCUT2D eigenvalue weighted by atomic mass is 16.5. The predicted molar refractivity (Wildman–Crippen MR) is 94.0 cm³/mol. The number of anilines is 1. The van der Waals surface area contributed by atoms with E-state index < -0.39 is 0 Å². The molecule has 5 nitrogen and oxygen atoms in total. The lowest BCUT2D eigenvalue weighted by Gasteiger charge is -2.16. The number of hydrogen-bond donors (Lipinski definition) is 0. The van der Waals surface area contributed by atoms with Crippen LogP contribution in [0.3, 0.4) is 0 Å². The summed E-state index contributed by atoms with van der Waals surface area (Å²) in [6.07, 6.45) is 1.59. The molecule has 0 N–H and O–H groups in total. The number of benzene rings is 2. The van der Waals surface area contributed by atoms with Crippen molar-refractivity contribution in [2.24, 2.45) is 0 Å². The van der Waals surface area contributed by atoms with Crippen molar-refractivity contribution in [3.8, 4) is 5.75 Å². The zero-order valence-electron chi connectivity index (χ0n) is 13.8. The molecule has 0 aliphatic carbocycles. The van der Waals surface area contributed by atoms with Gasteiger partial charge >= 0.3 is 0 Å². The summed E-state index contributed by atoms with van der Waals surface area (Å²) in [5, 5.41) is 0.692. The zero-order chi connectivity index (χ0) is 17.3. The molecular weight excluding hydrogens is 304 g/mol. The van der Waals surface area contributed by atoms with Gasteiger partial charge in [-0.25, -0.2) is 0 Å². The van der Waals surface area contributed by atoms with Gasteiger partial charge < -0.3 is 9.64 Å². The zero-order valence-corrected chi connectivity index (χ0v) is 13.8. The van der Waals surface area contributed by atoms with Gasteiger partial charge in [-0.15, -0.1) is 0 Å². The summed E-state index contributed by atoms with van der Waals surface area (Å²) in [6.45, 7) is 1.47. The van der Waals surface area contributed by atoms with Crippen molar-refractivity contribution < 1.29 is 14.3 Å². The molecule has 0 radical (unpaired) electrons.